The number of nitrogens with one attached hydrogen (secondary N) is 3. The molecule has 0 spiro atoms. The Kier molecular flexibility index (Phi) is 14.7. The topological polar surface area (TPSA) is 234 Å². The fraction of sp³-hybridized carbons (Fsp3) is 0.762. The number of carboxylic acids is 2. The van der Waals surface area contributed by atoms with Crippen molar-refractivity contribution in [3.63, 3.8) is 0 Å². The minimum atomic E-state index is -1.55. The predicted octanol–water partition coefficient (Wildman–Crippen LogP) is -1.73. The van der Waals surface area contributed by atoms with Crippen LogP contribution >= 0.6 is 0 Å². The van der Waals surface area contributed by atoms with Crippen molar-refractivity contribution in [1.82, 2.24) is 16.0 Å². The van der Waals surface area contributed by atoms with Gasteiger partial charge in [-0.2, -0.15) is 0 Å². The Hall–Kier alpha value is -2.77. The molecule has 0 aliphatic heterocycles. The molecule has 196 valence electrons. The second kappa shape index (κ2) is 16.0. The number of aliphatic hydroxyl groups is 1. The fourth-order valence-electron chi connectivity index (χ4n) is 2.99. The molecule has 0 radical (unpaired) electrons. The molecule has 34 heavy (non-hydrogen) atoms. The molecule has 0 rings (SSSR count). The van der Waals surface area contributed by atoms with Gasteiger partial charge in [0.05, 0.1) is 12.1 Å². The van der Waals surface area contributed by atoms with E-state index in [4.69, 9.17) is 16.6 Å². The number of unbranched alkanes of at least 4 members (excludes halogenated alkanes) is 1. The molecule has 0 aromatic rings. The van der Waals surface area contributed by atoms with Crippen LogP contribution in [0.3, 0.4) is 0 Å². The van der Waals surface area contributed by atoms with Crippen LogP contribution in [0.15, 0.2) is 0 Å². The molecule has 0 saturated heterocycles. The largest absolute Gasteiger partial charge is 0.481 e. The molecule has 0 bridgehead atoms. The molecular weight excluding hydrogens is 450 g/mol. The molecule has 6 atom stereocenters. The molecule has 13 nitrogen and oxygen atoms in total. The van der Waals surface area contributed by atoms with Gasteiger partial charge in [0.1, 0.15) is 18.1 Å². The van der Waals surface area contributed by atoms with Gasteiger partial charge in [-0.05, 0) is 45.1 Å². The first-order chi connectivity index (χ1) is 15.8. The molecular formula is C21H39N5O8. The van der Waals surface area contributed by atoms with Crippen molar-refractivity contribution in [3.8, 4) is 0 Å². The molecule has 0 aromatic heterocycles. The summed E-state index contributed by atoms with van der Waals surface area (Å²) >= 11 is 0. The van der Waals surface area contributed by atoms with Gasteiger partial charge in [-0.25, -0.2) is 4.79 Å². The molecule has 0 fully saturated rings. The molecule has 0 aliphatic carbocycles. The second-order valence-electron chi connectivity index (χ2n) is 8.32. The Morgan fingerprint density at radius 2 is 1.44 bits per heavy atom. The Bertz CT molecular complexity index is 703. The van der Waals surface area contributed by atoms with Gasteiger partial charge < -0.3 is 42.7 Å². The molecule has 13 heteroatoms. The molecule has 10 N–H and O–H groups in total. The predicted molar refractivity (Wildman–Crippen MR) is 122 cm³/mol. The number of nitrogens with two attached hydrogens (primary N) is 2. The van der Waals surface area contributed by atoms with Crippen LogP contribution in [0.4, 0.5) is 0 Å². The van der Waals surface area contributed by atoms with Gasteiger partial charge in [0.2, 0.25) is 17.7 Å². The first-order valence-corrected chi connectivity index (χ1v) is 11.3. The number of hydrogen-bond acceptors (Lipinski definition) is 8. The van der Waals surface area contributed by atoms with E-state index in [0.29, 0.717) is 25.8 Å². The zero-order chi connectivity index (χ0) is 26.4. The van der Waals surface area contributed by atoms with Crippen molar-refractivity contribution >= 4 is 29.7 Å². The highest BCUT2D eigenvalue weighted by Gasteiger charge is 2.33. The summed E-state index contributed by atoms with van der Waals surface area (Å²) in [5, 5.41) is 35.3. The summed E-state index contributed by atoms with van der Waals surface area (Å²) in [6, 6.07) is -5.08. The zero-order valence-corrected chi connectivity index (χ0v) is 20.0. The minimum absolute atomic E-state index is 0.101. The number of aliphatic hydroxyl groups excluding tert-OH is 1. The van der Waals surface area contributed by atoms with Gasteiger partial charge in [0.15, 0.2) is 0 Å². The summed E-state index contributed by atoms with van der Waals surface area (Å²) in [6.45, 7) is 5.16. The van der Waals surface area contributed by atoms with E-state index in [-0.39, 0.29) is 18.8 Å². The third-order valence-corrected chi connectivity index (χ3v) is 5.46. The lowest BCUT2D eigenvalue weighted by molar-refractivity contribution is -0.143. The fourth-order valence-corrected chi connectivity index (χ4v) is 2.99. The van der Waals surface area contributed by atoms with E-state index in [1.54, 1.807) is 6.92 Å². The van der Waals surface area contributed by atoms with Crippen LogP contribution in [-0.2, 0) is 24.0 Å². The summed E-state index contributed by atoms with van der Waals surface area (Å²) in [6.07, 6.45) is -0.458. The summed E-state index contributed by atoms with van der Waals surface area (Å²) < 4.78 is 0. The average Bonchev–Trinajstić information content (AvgIpc) is 2.77. The summed E-state index contributed by atoms with van der Waals surface area (Å²) in [5.41, 5.74) is 11.3. The number of amides is 3. The summed E-state index contributed by atoms with van der Waals surface area (Å²) in [7, 11) is 0. The van der Waals surface area contributed by atoms with E-state index in [1.165, 1.54) is 6.92 Å². The average molecular weight is 490 g/mol. The van der Waals surface area contributed by atoms with E-state index < -0.39 is 66.4 Å². The highest BCUT2D eigenvalue weighted by atomic mass is 16.4. The highest BCUT2D eigenvalue weighted by molar-refractivity contribution is 5.94. The van der Waals surface area contributed by atoms with E-state index in [9.17, 15) is 34.2 Å². The monoisotopic (exact) mass is 489 g/mol. The van der Waals surface area contributed by atoms with Crippen LogP contribution in [-0.4, -0.2) is 81.8 Å². The maximum atomic E-state index is 12.8. The number of carbonyl (C=O) groups excluding carboxylic acids is 3. The SMILES string of the molecule is CCC(C)C(N)C(=O)NC(CCC(=O)O)C(=O)NC(C(=O)NC(CCCCN)C(=O)O)C(C)O. The number of carbonyl (C=O) groups is 5. The first kappa shape index (κ1) is 31.2. The van der Waals surface area contributed by atoms with Gasteiger partial charge in [-0.1, -0.05) is 20.3 Å². The van der Waals surface area contributed by atoms with Crippen molar-refractivity contribution in [2.45, 2.75) is 89.6 Å². The smallest absolute Gasteiger partial charge is 0.326 e. The van der Waals surface area contributed by atoms with Crippen molar-refractivity contribution in [3.05, 3.63) is 0 Å². The van der Waals surface area contributed by atoms with Crippen LogP contribution in [0.1, 0.15) is 59.3 Å². The Labute approximate surface area is 199 Å². The van der Waals surface area contributed by atoms with Crippen molar-refractivity contribution in [1.29, 1.82) is 0 Å². The van der Waals surface area contributed by atoms with Crippen molar-refractivity contribution in [2.75, 3.05) is 6.54 Å². The van der Waals surface area contributed by atoms with E-state index >= 15 is 0 Å². The van der Waals surface area contributed by atoms with Crippen molar-refractivity contribution in [2.24, 2.45) is 17.4 Å². The Morgan fingerprint density at radius 3 is 1.91 bits per heavy atom. The van der Waals surface area contributed by atoms with Gasteiger partial charge in [-0.3, -0.25) is 19.2 Å². The van der Waals surface area contributed by atoms with Gasteiger partial charge >= 0.3 is 11.9 Å². The molecule has 0 aromatic carbocycles. The Balaban J connectivity index is 5.46. The molecule has 0 saturated carbocycles. The Morgan fingerprint density at radius 1 is 0.853 bits per heavy atom. The molecule has 0 heterocycles. The molecule has 3 amide bonds. The van der Waals surface area contributed by atoms with Gasteiger partial charge in [-0.15, -0.1) is 0 Å². The number of hydrogen-bond donors (Lipinski definition) is 8. The van der Waals surface area contributed by atoms with Gasteiger partial charge in [0, 0.05) is 6.42 Å². The van der Waals surface area contributed by atoms with Gasteiger partial charge in [0.25, 0.3) is 0 Å². The van der Waals surface area contributed by atoms with Crippen LogP contribution in [0.5, 0.6) is 0 Å². The third kappa shape index (κ3) is 11.4. The summed E-state index contributed by atoms with van der Waals surface area (Å²) in [4.78, 5) is 60.3. The lowest BCUT2D eigenvalue weighted by atomic mass is 9.98. The van der Waals surface area contributed by atoms with E-state index in [0.717, 1.165) is 0 Å². The van der Waals surface area contributed by atoms with Crippen LogP contribution < -0.4 is 27.4 Å². The lowest BCUT2D eigenvalue weighted by Gasteiger charge is -2.27. The van der Waals surface area contributed by atoms with Crippen LogP contribution in [0, 0.1) is 5.92 Å². The maximum absolute atomic E-state index is 12.8. The standard InChI is InChI=1S/C21H39N5O8/c1-4-11(2)16(23)19(31)24-13(8-9-15(28)29)18(30)26-17(12(3)27)20(32)25-14(21(33)34)7-5-6-10-22/h11-14,16-17,27H,4-10,22-23H2,1-3H3,(H,24,31)(H,25,32)(H,26,30)(H,28,29)(H,33,34). The first-order valence-electron chi connectivity index (χ1n) is 11.3. The van der Waals surface area contributed by atoms with Crippen LogP contribution in [0.25, 0.3) is 0 Å². The summed E-state index contributed by atoms with van der Waals surface area (Å²) in [5.74, 6) is -5.21. The van der Waals surface area contributed by atoms with E-state index in [1.807, 2.05) is 6.92 Å². The zero-order valence-electron chi connectivity index (χ0n) is 20.0. The normalized spacial score (nSPS) is 16.3. The molecule has 0 aliphatic rings. The van der Waals surface area contributed by atoms with Crippen molar-refractivity contribution < 1.29 is 39.3 Å². The molecule has 6 unspecified atom stereocenters. The minimum Gasteiger partial charge on any atom is -0.481 e. The van der Waals surface area contributed by atoms with E-state index in [2.05, 4.69) is 16.0 Å². The number of rotatable bonds is 17. The number of aliphatic carboxylic acids is 2. The second-order valence-corrected chi connectivity index (χ2v) is 8.32. The third-order valence-electron chi connectivity index (χ3n) is 5.46. The lowest BCUT2D eigenvalue weighted by Crippen LogP contribution is -2.60. The quantitative estimate of drug-likeness (QED) is 0.107. The maximum Gasteiger partial charge on any atom is 0.326 e. The number of carboxylic acid groups (broad SMARTS) is 2. The van der Waals surface area contributed by atoms with Crippen LogP contribution in [0.2, 0.25) is 0 Å². The highest BCUT2D eigenvalue weighted by Crippen LogP contribution is 2.08.